The van der Waals surface area contributed by atoms with Crippen LogP contribution in [0.4, 0.5) is 17.1 Å². The van der Waals surface area contributed by atoms with E-state index in [9.17, 15) is 0 Å². The Morgan fingerprint density at radius 2 is 0.985 bits per heavy atom. The van der Waals surface area contributed by atoms with E-state index >= 15 is 0 Å². The fraction of sp³-hybridized carbons (Fsp3) is 0.0161. The van der Waals surface area contributed by atoms with Crippen molar-refractivity contribution in [2.75, 3.05) is 4.90 Å². The summed E-state index contributed by atoms with van der Waals surface area (Å²) in [6, 6.07) is 88.4. The van der Waals surface area contributed by atoms with Gasteiger partial charge in [-0.05, 0) is 124 Å². The first-order chi connectivity index (χ1) is 32.8. The van der Waals surface area contributed by atoms with Crippen molar-refractivity contribution in [1.29, 1.82) is 0 Å². The van der Waals surface area contributed by atoms with Crippen molar-refractivity contribution in [2.24, 2.45) is 0 Å². The monoisotopic (exact) mass is 842 g/mol. The Kier molecular flexibility index (Phi) is 8.72. The van der Waals surface area contributed by atoms with E-state index in [2.05, 4.69) is 256 Å². The molecule has 12 aromatic rings. The van der Waals surface area contributed by atoms with E-state index in [1.807, 2.05) is 18.3 Å². The maximum Gasteiger partial charge on any atom is 0.0714 e. The number of aromatic nitrogens is 3. The molecule has 0 aliphatic heterocycles. The lowest BCUT2D eigenvalue weighted by Gasteiger charge is -2.35. The molecule has 9 aromatic carbocycles. The highest BCUT2D eigenvalue weighted by molar-refractivity contribution is 6.19. The summed E-state index contributed by atoms with van der Waals surface area (Å²) in [5.41, 5.74) is 18.0. The molecule has 13 rings (SSSR count). The Balaban J connectivity index is 1.06. The van der Waals surface area contributed by atoms with Gasteiger partial charge in [0.05, 0.1) is 27.7 Å². The molecule has 66 heavy (non-hydrogen) atoms. The van der Waals surface area contributed by atoms with Crippen LogP contribution in [0.3, 0.4) is 0 Å². The average Bonchev–Trinajstić information content (AvgIpc) is 4.07. The van der Waals surface area contributed by atoms with E-state index in [-0.39, 0.29) is 0 Å². The summed E-state index contributed by atoms with van der Waals surface area (Å²) in [7, 11) is 0. The molecule has 1 aliphatic carbocycles. The van der Waals surface area contributed by atoms with Crippen LogP contribution in [0.1, 0.15) is 22.3 Å². The molecule has 0 saturated heterocycles. The molecular weight excluding hydrogens is 801 g/mol. The van der Waals surface area contributed by atoms with E-state index in [4.69, 9.17) is 0 Å². The van der Waals surface area contributed by atoms with Gasteiger partial charge in [0.2, 0.25) is 0 Å². The minimum Gasteiger partial charge on any atom is -0.316 e. The molecule has 4 heteroatoms. The Morgan fingerprint density at radius 1 is 0.394 bits per heavy atom. The lowest BCUT2D eigenvalue weighted by molar-refractivity contribution is 0.768. The summed E-state index contributed by atoms with van der Waals surface area (Å²) >= 11 is 0. The minimum atomic E-state index is -0.534. The topological polar surface area (TPSA) is 26.0 Å². The minimum absolute atomic E-state index is 0.534. The molecule has 0 radical (unpaired) electrons. The normalized spacial score (nSPS) is 12.7. The van der Waals surface area contributed by atoms with Gasteiger partial charge < -0.3 is 14.0 Å². The van der Waals surface area contributed by atoms with Gasteiger partial charge >= 0.3 is 0 Å². The number of hydrogen-bond acceptors (Lipinski definition) is 2. The third-order valence-electron chi connectivity index (χ3n) is 13.7. The van der Waals surface area contributed by atoms with E-state index < -0.39 is 5.41 Å². The van der Waals surface area contributed by atoms with Crippen LogP contribution in [0.25, 0.3) is 66.5 Å². The SMILES string of the molecule is c1ccc(-n2ccc3c2ccc2c4cc(N(c5ccc(-c6ccccn6)cc5)c5ccc6c(c5)C(c5ccccc5)(c5ccccc5)c5ccccc5-6)ccc4n(-c4ccccc4)c23)cc1. The number of fused-ring (bicyclic) bond motifs is 8. The van der Waals surface area contributed by atoms with Crippen LogP contribution in [-0.2, 0) is 5.41 Å². The zero-order chi connectivity index (χ0) is 43.6. The van der Waals surface area contributed by atoms with E-state index in [1.165, 1.54) is 60.6 Å². The maximum absolute atomic E-state index is 4.69. The number of benzene rings is 9. The van der Waals surface area contributed by atoms with Gasteiger partial charge in [-0.15, -0.1) is 0 Å². The molecule has 0 bridgehead atoms. The lowest BCUT2D eigenvalue weighted by atomic mass is 9.67. The third kappa shape index (κ3) is 5.75. The van der Waals surface area contributed by atoms with Crippen LogP contribution < -0.4 is 4.90 Å². The molecule has 0 unspecified atom stereocenters. The Labute approximate surface area is 383 Å². The van der Waals surface area contributed by atoms with Crippen LogP contribution in [0.15, 0.2) is 255 Å². The summed E-state index contributed by atoms with van der Waals surface area (Å²) in [5.74, 6) is 0. The number of pyridine rings is 1. The van der Waals surface area contributed by atoms with E-state index in [1.54, 1.807) is 0 Å². The fourth-order valence-electron chi connectivity index (χ4n) is 10.8. The van der Waals surface area contributed by atoms with E-state index in [0.717, 1.165) is 45.2 Å². The molecule has 0 spiro atoms. The third-order valence-corrected chi connectivity index (χ3v) is 13.7. The number of hydrogen-bond donors (Lipinski definition) is 0. The number of anilines is 3. The van der Waals surface area contributed by atoms with Crippen molar-refractivity contribution in [2.45, 2.75) is 5.41 Å². The van der Waals surface area contributed by atoms with Crippen molar-refractivity contribution in [3.05, 3.63) is 277 Å². The Bertz CT molecular complexity index is 3690. The molecule has 0 N–H and O–H groups in total. The zero-order valence-electron chi connectivity index (χ0n) is 36.0. The lowest BCUT2D eigenvalue weighted by Crippen LogP contribution is -2.28. The van der Waals surface area contributed by atoms with Crippen molar-refractivity contribution in [3.8, 4) is 33.8 Å². The van der Waals surface area contributed by atoms with Gasteiger partial charge in [-0.2, -0.15) is 0 Å². The molecule has 0 fully saturated rings. The summed E-state index contributed by atoms with van der Waals surface area (Å²) in [6.45, 7) is 0. The van der Waals surface area contributed by atoms with Crippen LogP contribution in [0.5, 0.6) is 0 Å². The average molecular weight is 843 g/mol. The second kappa shape index (κ2) is 15.2. The number of rotatable bonds is 8. The predicted molar refractivity (Wildman–Crippen MR) is 273 cm³/mol. The highest BCUT2D eigenvalue weighted by Gasteiger charge is 2.46. The quantitative estimate of drug-likeness (QED) is 0.152. The van der Waals surface area contributed by atoms with Crippen LogP contribution in [0.2, 0.25) is 0 Å². The van der Waals surface area contributed by atoms with Crippen molar-refractivity contribution in [1.82, 2.24) is 14.1 Å². The highest BCUT2D eigenvalue weighted by Crippen LogP contribution is 2.57. The van der Waals surface area contributed by atoms with Gasteiger partial charge in [-0.1, -0.05) is 152 Å². The molecular formula is C62H42N4. The Morgan fingerprint density at radius 3 is 1.70 bits per heavy atom. The predicted octanol–water partition coefficient (Wildman–Crippen LogP) is 15.6. The first-order valence-corrected chi connectivity index (χ1v) is 22.6. The first kappa shape index (κ1) is 37.8. The highest BCUT2D eigenvalue weighted by atomic mass is 15.1. The van der Waals surface area contributed by atoms with Crippen LogP contribution in [0, 0.1) is 0 Å². The number of nitrogens with zero attached hydrogens (tertiary/aromatic N) is 4. The molecule has 0 atom stereocenters. The van der Waals surface area contributed by atoms with Gasteiger partial charge in [0.25, 0.3) is 0 Å². The summed E-state index contributed by atoms with van der Waals surface area (Å²) in [6.07, 6.45) is 4.06. The van der Waals surface area contributed by atoms with Crippen LogP contribution in [-0.4, -0.2) is 14.1 Å². The van der Waals surface area contributed by atoms with Gasteiger partial charge in [-0.3, -0.25) is 4.98 Å². The van der Waals surface area contributed by atoms with Gasteiger partial charge in [0.15, 0.2) is 0 Å². The fourth-order valence-corrected chi connectivity index (χ4v) is 10.8. The Hall–Kier alpha value is -8.73. The second-order valence-electron chi connectivity index (χ2n) is 17.1. The molecule has 1 aliphatic rings. The molecule has 0 saturated carbocycles. The van der Waals surface area contributed by atoms with Gasteiger partial charge in [0.1, 0.15) is 0 Å². The van der Waals surface area contributed by atoms with Gasteiger partial charge in [-0.25, -0.2) is 0 Å². The summed E-state index contributed by atoms with van der Waals surface area (Å²) in [4.78, 5) is 7.12. The van der Waals surface area contributed by atoms with E-state index in [0.29, 0.717) is 0 Å². The molecule has 3 heterocycles. The van der Waals surface area contributed by atoms with Crippen LogP contribution >= 0.6 is 0 Å². The second-order valence-corrected chi connectivity index (χ2v) is 17.1. The molecule has 0 amide bonds. The largest absolute Gasteiger partial charge is 0.316 e. The van der Waals surface area contributed by atoms with Crippen molar-refractivity contribution < 1.29 is 0 Å². The first-order valence-electron chi connectivity index (χ1n) is 22.6. The number of para-hydroxylation sites is 2. The molecule has 4 nitrogen and oxygen atoms in total. The standard InChI is InChI=1S/C62H42N4/c1-5-17-44(18-6-1)62(45-19-7-2-8-20-45)56-26-14-13-25-51(56)52-34-32-50(42-57(52)62)65(48-30-28-43(29-31-48)58-27-15-16-39-63-58)49-33-36-60-55(41-49)53-35-37-59-54(38-40-64(59)46-21-9-3-10-22-46)61(53)66(60)47-23-11-4-12-24-47/h1-42H. The maximum atomic E-state index is 4.69. The van der Waals surface area contributed by atoms with Crippen molar-refractivity contribution >= 4 is 49.8 Å². The van der Waals surface area contributed by atoms with Crippen molar-refractivity contribution in [3.63, 3.8) is 0 Å². The summed E-state index contributed by atoms with van der Waals surface area (Å²) < 4.78 is 4.74. The van der Waals surface area contributed by atoms with Gasteiger partial charge in [0, 0.05) is 62.6 Å². The smallest absolute Gasteiger partial charge is 0.0714 e. The molecule has 310 valence electrons. The zero-order valence-corrected chi connectivity index (χ0v) is 36.0. The summed E-state index contributed by atoms with van der Waals surface area (Å²) in [5, 5.41) is 3.60. The molecule has 3 aromatic heterocycles.